The average Bonchev–Trinajstić information content (AvgIpc) is 2.87. The van der Waals surface area contributed by atoms with Gasteiger partial charge in [0.15, 0.2) is 5.84 Å². The number of benzene rings is 1. The number of methoxy groups -OCH3 is 1. The van der Waals surface area contributed by atoms with Crippen LogP contribution < -0.4 is 16.5 Å². The Balaban J connectivity index is 1.80. The van der Waals surface area contributed by atoms with Crippen LogP contribution in [0.3, 0.4) is 0 Å². The van der Waals surface area contributed by atoms with Crippen LogP contribution in [-0.4, -0.2) is 58.7 Å². The number of amidine groups is 1. The fourth-order valence-corrected chi connectivity index (χ4v) is 4.08. The maximum Gasteiger partial charge on any atom is 0.316 e. The van der Waals surface area contributed by atoms with Crippen LogP contribution in [0.1, 0.15) is 40.5 Å². The molecule has 4 rings (SSSR count). The number of nitrogens with one attached hydrogen (secondary N) is 2. The summed E-state index contributed by atoms with van der Waals surface area (Å²) in [6.07, 6.45) is 3.53. The zero-order valence-electron chi connectivity index (χ0n) is 20.1. The van der Waals surface area contributed by atoms with Crippen molar-refractivity contribution in [3.8, 4) is 0 Å². The average molecular weight is 521 g/mol. The van der Waals surface area contributed by atoms with Crippen molar-refractivity contribution in [2.24, 2.45) is 4.99 Å². The number of anilines is 1. The molecular weight excluding hydrogens is 493 g/mol. The number of alkyl halides is 2. The number of hydrogen-bond acceptors (Lipinski definition) is 10. The van der Waals surface area contributed by atoms with Crippen molar-refractivity contribution in [1.82, 2.24) is 20.8 Å². The number of ether oxygens (including phenoxy) is 1. The molecular formula is C24H27F3N6O4. The lowest BCUT2D eigenvalue weighted by molar-refractivity contribution is -0.0395. The molecule has 0 amide bonds. The Bertz CT molecular complexity index is 1250. The third-order valence-corrected chi connectivity index (χ3v) is 5.89. The van der Waals surface area contributed by atoms with Gasteiger partial charge in [0.05, 0.1) is 30.6 Å². The van der Waals surface area contributed by atoms with Crippen molar-refractivity contribution in [1.29, 1.82) is 0 Å². The topological polar surface area (TPSA) is 147 Å². The summed E-state index contributed by atoms with van der Waals surface area (Å²) >= 11 is 0. The van der Waals surface area contributed by atoms with Gasteiger partial charge in [0.1, 0.15) is 23.8 Å². The van der Waals surface area contributed by atoms with Gasteiger partial charge >= 0.3 is 5.92 Å². The van der Waals surface area contributed by atoms with Crippen LogP contribution in [0.5, 0.6) is 0 Å². The molecule has 3 unspecified atom stereocenters. The number of hydrogen-bond donors (Lipinski definition) is 5. The summed E-state index contributed by atoms with van der Waals surface area (Å²) in [6.45, 7) is 0.969. The Morgan fingerprint density at radius 3 is 2.81 bits per heavy atom. The Morgan fingerprint density at radius 2 is 2.08 bits per heavy atom. The van der Waals surface area contributed by atoms with Crippen molar-refractivity contribution in [2.75, 3.05) is 26.1 Å². The highest BCUT2D eigenvalue weighted by Gasteiger charge is 2.51. The van der Waals surface area contributed by atoms with Crippen LogP contribution in [0.4, 0.5) is 19.1 Å². The number of aryl methyl sites for hydroxylation is 1. The monoisotopic (exact) mass is 520 g/mol. The highest BCUT2D eigenvalue weighted by Crippen LogP contribution is 2.48. The molecule has 0 fully saturated rings. The fourth-order valence-electron chi connectivity index (χ4n) is 4.08. The molecule has 1 aromatic heterocycles. The molecule has 0 aliphatic carbocycles. The summed E-state index contributed by atoms with van der Waals surface area (Å²) < 4.78 is 51.7. The highest BCUT2D eigenvalue weighted by atomic mass is 19.3. The van der Waals surface area contributed by atoms with Crippen molar-refractivity contribution in [2.45, 2.75) is 37.6 Å². The van der Waals surface area contributed by atoms with E-state index in [-0.39, 0.29) is 47.2 Å². The van der Waals surface area contributed by atoms with E-state index in [0.29, 0.717) is 5.70 Å². The van der Waals surface area contributed by atoms with Crippen LogP contribution >= 0.6 is 0 Å². The molecule has 0 radical (unpaired) electrons. The Kier molecular flexibility index (Phi) is 7.78. The molecule has 1 aromatic carbocycles. The number of aliphatic hydroxyl groups excluding tert-OH is 2. The normalized spacial score (nSPS) is 20.9. The van der Waals surface area contributed by atoms with Gasteiger partial charge in [-0.15, -0.1) is 0 Å². The minimum absolute atomic E-state index is 0.0193. The van der Waals surface area contributed by atoms with E-state index in [0.717, 1.165) is 12.1 Å². The molecule has 0 bridgehead atoms. The van der Waals surface area contributed by atoms with Gasteiger partial charge in [-0.3, -0.25) is 9.83 Å². The highest BCUT2D eigenvalue weighted by molar-refractivity contribution is 6.01. The van der Waals surface area contributed by atoms with Crippen LogP contribution in [0, 0.1) is 12.7 Å². The molecule has 2 aromatic rings. The molecule has 0 saturated carbocycles. The zero-order chi connectivity index (χ0) is 26.7. The Hall–Kier alpha value is -3.52. The lowest BCUT2D eigenvalue weighted by Gasteiger charge is -2.33. The maximum atomic E-state index is 16.1. The summed E-state index contributed by atoms with van der Waals surface area (Å²) in [5, 5.41) is 21.5. The second-order valence-corrected chi connectivity index (χ2v) is 8.47. The number of aliphatic hydroxyl groups is 2. The van der Waals surface area contributed by atoms with Crippen molar-refractivity contribution in [3.63, 3.8) is 0 Å². The first-order chi connectivity index (χ1) is 17.6. The second kappa shape index (κ2) is 10.8. The molecule has 2 aliphatic rings. The van der Waals surface area contributed by atoms with E-state index < -0.39 is 42.4 Å². The summed E-state index contributed by atoms with van der Waals surface area (Å²) in [4.78, 5) is 17.4. The van der Waals surface area contributed by atoms with E-state index in [4.69, 9.17) is 20.4 Å². The number of allylic oxidation sites excluding steroid dienone is 2. The fraction of sp³-hybridized carbons (Fsp3) is 0.375. The molecule has 198 valence electrons. The zero-order valence-corrected chi connectivity index (χ0v) is 20.1. The van der Waals surface area contributed by atoms with E-state index in [9.17, 15) is 9.50 Å². The van der Waals surface area contributed by atoms with Crippen LogP contribution in [0.15, 0.2) is 41.4 Å². The standard InChI is InChI=1S/C24H27F3N6O4/c1-12-19-21(32-23(28)29-12)24(26,27)20(31-22(19)33-37-9-8-14(35)11-34)15-7-6-13(25)10-16(15)17-4-3-5-18(30-17)36-2/h3-7,10,14,18,20,30,34-35H,8-9,11H2,1-2H3,(H,31,33)(H2,28,29,32). The number of rotatable bonds is 8. The van der Waals surface area contributed by atoms with Crippen LogP contribution in [-0.2, 0) is 15.5 Å². The van der Waals surface area contributed by atoms with Gasteiger partial charge in [-0.2, -0.15) is 8.78 Å². The molecule has 3 heterocycles. The molecule has 2 aliphatic heterocycles. The summed E-state index contributed by atoms with van der Waals surface area (Å²) in [5.74, 6) is -4.71. The lowest BCUT2D eigenvalue weighted by Crippen LogP contribution is -2.39. The van der Waals surface area contributed by atoms with Gasteiger partial charge in [-0.05, 0) is 36.8 Å². The van der Waals surface area contributed by atoms with E-state index in [1.54, 1.807) is 18.2 Å². The lowest BCUT2D eigenvalue weighted by atomic mass is 9.88. The van der Waals surface area contributed by atoms with E-state index in [1.807, 2.05) is 0 Å². The van der Waals surface area contributed by atoms with Gasteiger partial charge < -0.3 is 26.0 Å². The van der Waals surface area contributed by atoms with Crippen molar-refractivity contribution in [3.05, 3.63) is 70.3 Å². The van der Waals surface area contributed by atoms with Crippen molar-refractivity contribution < 1.29 is 33.0 Å². The second-order valence-electron chi connectivity index (χ2n) is 8.47. The van der Waals surface area contributed by atoms with E-state index >= 15 is 8.78 Å². The maximum absolute atomic E-state index is 16.1. The predicted octanol–water partition coefficient (Wildman–Crippen LogP) is 1.84. The predicted molar refractivity (Wildman–Crippen MR) is 129 cm³/mol. The molecule has 10 nitrogen and oxygen atoms in total. The first-order valence-corrected chi connectivity index (χ1v) is 11.4. The third-order valence-electron chi connectivity index (χ3n) is 5.89. The molecule has 0 saturated heterocycles. The number of nitrogens with zero attached hydrogens (tertiary/aromatic N) is 3. The summed E-state index contributed by atoms with van der Waals surface area (Å²) in [5.41, 5.74) is 8.21. The van der Waals surface area contributed by atoms with E-state index in [1.165, 1.54) is 20.1 Å². The Morgan fingerprint density at radius 1 is 1.30 bits per heavy atom. The number of aromatic nitrogens is 2. The van der Waals surface area contributed by atoms with Gasteiger partial charge in [0.2, 0.25) is 5.95 Å². The number of dihydropyridines is 1. The number of nitrogens with two attached hydrogens (primary N) is 1. The van der Waals surface area contributed by atoms with Crippen LogP contribution in [0.2, 0.25) is 0 Å². The number of hydroxylamine groups is 1. The quantitative estimate of drug-likeness (QED) is 0.260. The van der Waals surface area contributed by atoms with Gasteiger partial charge in [0, 0.05) is 24.8 Å². The number of aliphatic imine (C=N–C) groups is 1. The minimum atomic E-state index is -3.66. The van der Waals surface area contributed by atoms with Gasteiger partial charge in [-0.1, -0.05) is 12.1 Å². The smallest absolute Gasteiger partial charge is 0.316 e. The first-order valence-electron chi connectivity index (χ1n) is 11.4. The van der Waals surface area contributed by atoms with E-state index in [2.05, 4.69) is 25.8 Å². The molecule has 3 atom stereocenters. The summed E-state index contributed by atoms with van der Waals surface area (Å²) in [6, 6.07) is 1.62. The minimum Gasteiger partial charge on any atom is -0.394 e. The largest absolute Gasteiger partial charge is 0.394 e. The summed E-state index contributed by atoms with van der Waals surface area (Å²) in [7, 11) is 1.47. The molecule has 6 N–H and O–H groups in total. The molecule has 13 heteroatoms. The number of fused-ring (bicyclic) bond motifs is 1. The number of nitrogen functional groups attached to an aromatic ring is 1. The molecule has 37 heavy (non-hydrogen) atoms. The first kappa shape index (κ1) is 26.5. The Labute approximate surface area is 210 Å². The molecule has 0 spiro atoms. The SMILES string of the molecule is COC1C=CC=C(c2cc(F)ccc2C2N=C(NOCCC(O)CO)c3c(C)nc(N)nc3C2(F)F)N1. The van der Waals surface area contributed by atoms with Gasteiger partial charge in [-0.25, -0.2) is 19.8 Å². The third kappa shape index (κ3) is 5.44. The van der Waals surface area contributed by atoms with Crippen molar-refractivity contribution >= 4 is 17.5 Å². The van der Waals surface area contributed by atoms with Gasteiger partial charge in [0.25, 0.3) is 0 Å². The van der Waals surface area contributed by atoms with Crippen LogP contribution in [0.25, 0.3) is 5.70 Å². The number of halogens is 3.